The second-order valence-electron chi connectivity index (χ2n) is 11.1. The molecule has 0 aliphatic heterocycles. The molecule has 1 amide bonds. The molecule has 0 unspecified atom stereocenters. The standard InChI is InChI=1S/C29H35FN6O5SSi/c1-5-42(38,39)18-21-7-6-20(16-24(21)41-23-10-8-22(30)9-11-23)27-26(28(31)37)29(34-25-17-32-12-13-33-25)36(35-27)19-40-14-15-43(2,3)4/h6-13,16-17H,5,14-15,18-19H2,1-4H3,(H2,31,37)(H,33,34). The average Bonchev–Trinajstić information content (AvgIpc) is 3.31. The number of sulfone groups is 1. The van der Waals surface area contributed by atoms with E-state index in [-0.39, 0.29) is 41.1 Å². The van der Waals surface area contributed by atoms with E-state index in [0.717, 1.165) is 6.04 Å². The molecular weight excluding hydrogens is 592 g/mol. The van der Waals surface area contributed by atoms with Gasteiger partial charge in [-0.25, -0.2) is 22.5 Å². The summed E-state index contributed by atoms with van der Waals surface area (Å²) in [5, 5.41) is 7.77. The minimum absolute atomic E-state index is 0.0269. The van der Waals surface area contributed by atoms with Crippen LogP contribution in [-0.2, 0) is 27.1 Å². The van der Waals surface area contributed by atoms with Crippen molar-refractivity contribution in [3.8, 4) is 22.8 Å². The zero-order valence-electron chi connectivity index (χ0n) is 24.5. The number of anilines is 2. The Hall–Kier alpha value is -4.14. The molecule has 0 bridgehead atoms. The molecule has 43 heavy (non-hydrogen) atoms. The Kier molecular flexibility index (Phi) is 9.93. The molecule has 14 heteroatoms. The Balaban J connectivity index is 1.81. The molecule has 2 heterocycles. The number of nitrogens with one attached hydrogen (secondary N) is 1. The summed E-state index contributed by atoms with van der Waals surface area (Å²) in [4.78, 5) is 21.2. The maximum absolute atomic E-state index is 13.5. The van der Waals surface area contributed by atoms with Gasteiger partial charge in [0.05, 0.1) is 11.9 Å². The number of ether oxygens (including phenoxy) is 2. The molecule has 4 aromatic rings. The Bertz CT molecular complexity index is 1680. The van der Waals surface area contributed by atoms with E-state index >= 15 is 0 Å². The summed E-state index contributed by atoms with van der Waals surface area (Å²) >= 11 is 0. The van der Waals surface area contributed by atoms with Gasteiger partial charge in [0.25, 0.3) is 5.91 Å². The molecule has 0 aliphatic rings. The second-order valence-corrected chi connectivity index (χ2v) is 19.0. The van der Waals surface area contributed by atoms with Crippen molar-refractivity contribution in [3.63, 3.8) is 0 Å². The van der Waals surface area contributed by atoms with Gasteiger partial charge >= 0.3 is 0 Å². The van der Waals surface area contributed by atoms with Crippen LogP contribution in [0.15, 0.2) is 61.1 Å². The van der Waals surface area contributed by atoms with Crippen LogP contribution >= 0.6 is 0 Å². The number of aromatic nitrogens is 4. The fraction of sp³-hybridized carbons (Fsp3) is 0.310. The predicted molar refractivity (Wildman–Crippen MR) is 165 cm³/mol. The number of halogens is 1. The fourth-order valence-electron chi connectivity index (χ4n) is 4.02. The largest absolute Gasteiger partial charge is 0.457 e. The van der Waals surface area contributed by atoms with Gasteiger partial charge in [0, 0.05) is 44.0 Å². The maximum atomic E-state index is 13.5. The second kappa shape index (κ2) is 13.4. The van der Waals surface area contributed by atoms with Crippen LogP contribution in [0.1, 0.15) is 22.8 Å². The van der Waals surface area contributed by atoms with Crippen LogP contribution in [-0.4, -0.2) is 54.5 Å². The summed E-state index contributed by atoms with van der Waals surface area (Å²) in [5.74, 6) is -0.404. The quantitative estimate of drug-likeness (QED) is 0.139. The topological polar surface area (TPSA) is 151 Å². The normalized spacial score (nSPS) is 11.8. The number of nitrogens with zero attached hydrogens (tertiary/aromatic N) is 4. The molecule has 0 aliphatic carbocycles. The molecule has 3 N–H and O–H groups in total. The SMILES string of the molecule is CCS(=O)(=O)Cc1ccc(-c2nn(COCC[Si](C)(C)C)c(Nc3cnccn3)c2C(N)=O)cc1Oc1ccc(F)cc1. The van der Waals surface area contributed by atoms with Gasteiger partial charge in [0.1, 0.15) is 46.9 Å². The van der Waals surface area contributed by atoms with Gasteiger partial charge in [0.2, 0.25) is 0 Å². The lowest BCUT2D eigenvalue weighted by Gasteiger charge is -2.16. The minimum atomic E-state index is -3.42. The first-order valence-electron chi connectivity index (χ1n) is 13.6. The van der Waals surface area contributed by atoms with Crippen molar-refractivity contribution < 1.29 is 27.1 Å². The highest BCUT2D eigenvalue weighted by Gasteiger charge is 2.26. The van der Waals surface area contributed by atoms with E-state index in [1.54, 1.807) is 25.1 Å². The molecule has 2 aromatic heterocycles. The molecular formula is C29H35FN6O5SSi. The lowest BCUT2D eigenvalue weighted by Crippen LogP contribution is -2.22. The number of primary amides is 1. The fourth-order valence-corrected chi connectivity index (χ4v) is 5.69. The van der Waals surface area contributed by atoms with Crippen molar-refractivity contribution in [1.82, 2.24) is 19.7 Å². The molecule has 0 saturated carbocycles. The molecule has 0 atom stereocenters. The van der Waals surface area contributed by atoms with E-state index < -0.39 is 29.6 Å². The first kappa shape index (κ1) is 31.8. The first-order chi connectivity index (χ1) is 20.3. The van der Waals surface area contributed by atoms with Crippen LogP contribution in [0.4, 0.5) is 16.0 Å². The van der Waals surface area contributed by atoms with E-state index in [0.29, 0.717) is 29.3 Å². The molecule has 0 saturated heterocycles. The van der Waals surface area contributed by atoms with E-state index in [4.69, 9.17) is 15.2 Å². The Morgan fingerprint density at radius 2 is 1.86 bits per heavy atom. The lowest BCUT2D eigenvalue weighted by molar-refractivity contribution is 0.0802. The van der Waals surface area contributed by atoms with E-state index in [9.17, 15) is 17.6 Å². The summed E-state index contributed by atoms with van der Waals surface area (Å²) in [5.41, 5.74) is 7.01. The number of hydrogen-bond donors (Lipinski definition) is 2. The highest BCUT2D eigenvalue weighted by atomic mass is 32.2. The molecule has 11 nitrogen and oxygen atoms in total. The van der Waals surface area contributed by atoms with Crippen molar-refractivity contribution in [1.29, 1.82) is 0 Å². The summed E-state index contributed by atoms with van der Waals surface area (Å²) in [6.45, 7) is 8.84. The summed E-state index contributed by atoms with van der Waals surface area (Å²) in [6.07, 6.45) is 4.51. The number of carbonyl (C=O) groups is 1. The summed E-state index contributed by atoms with van der Waals surface area (Å²) < 4.78 is 52.0. The van der Waals surface area contributed by atoms with E-state index in [1.165, 1.54) is 47.5 Å². The summed E-state index contributed by atoms with van der Waals surface area (Å²) in [7, 11) is -4.78. The van der Waals surface area contributed by atoms with Gasteiger partial charge in [-0.05, 0) is 36.4 Å². The first-order valence-corrected chi connectivity index (χ1v) is 19.2. The van der Waals surface area contributed by atoms with Crippen LogP contribution < -0.4 is 15.8 Å². The van der Waals surface area contributed by atoms with Crippen LogP contribution in [0.3, 0.4) is 0 Å². The number of benzene rings is 2. The third-order valence-corrected chi connectivity index (χ3v) is 9.75. The number of rotatable bonds is 14. The molecule has 4 rings (SSSR count). The van der Waals surface area contributed by atoms with Crippen LogP contribution in [0, 0.1) is 5.82 Å². The Morgan fingerprint density at radius 3 is 2.49 bits per heavy atom. The van der Waals surface area contributed by atoms with Crippen molar-refractivity contribution in [2.45, 2.75) is 45.1 Å². The van der Waals surface area contributed by atoms with Gasteiger partial charge in [-0.1, -0.05) is 38.7 Å². The molecule has 0 radical (unpaired) electrons. The smallest absolute Gasteiger partial charge is 0.254 e. The van der Waals surface area contributed by atoms with E-state index in [2.05, 4.69) is 40.0 Å². The minimum Gasteiger partial charge on any atom is -0.457 e. The maximum Gasteiger partial charge on any atom is 0.254 e. The van der Waals surface area contributed by atoms with Crippen LogP contribution in [0.5, 0.6) is 11.5 Å². The van der Waals surface area contributed by atoms with Crippen molar-refractivity contribution in [3.05, 3.63) is 78.0 Å². The number of hydrogen-bond acceptors (Lipinski definition) is 9. The third kappa shape index (κ3) is 8.69. The molecule has 0 fully saturated rings. The molecule has 0 spiro atoms. The number of carbonyl (C=O) groups excluding carboxylic acids is 1. The highest BCUT2D eigenvalue weighted by Crippen LogP contribution is 2.36. The highest BCUT2D eigenvalue weighted by molar-refractivity contribution is 7.90. The number of nitrogens with two attached hydrogens (primary N) is 1. The lowest BCUT2D eigenvalue weighted by atomic mass is 10.0. The van der Waals surface area contributed by atoms with Crippen LogP contribution in [0.25, 0.3) is 11.3 Å². The van der Waals surface area contributed by atoms with Crippen molar-refractivity contribution in [2.24, 2.45) is 5.73 Å². The van der Waals surface area contributed by atoms with Gasteiger partial charge in [-0.15, -0.1) is 0 Å². The zero-order chi connectivity index (χ0) is 31.2. The van der Waals surface area contributed by atoms with Gasteiger partial charge in [0.15, 0.2) is 9.84 Å². The van der Waals surface area contributed by atoms with E-state index in [1.807, 2.05) is 0 Å². The van der Waals surface area contributed by atoms with Crippen LogP contribution in [0.2, 0.25) is 25.7 Å². The van der Waals surface area contributed by atoms with Gasteiger partial charge < -0.3 is 20.5 Å². The third-order valence-electron chi connectivity index (χ3n) is 6.42. The van der Waals surface area contributed by atoms with Gasteiger partial charge in [-0.2, -0.15) is 5.10 Å². The van der Waals surface area contributed by atoms with Crippen molar-refractivity contribution >= 4 is 35.5 Å². The van der Waals surface area contributed by atoms with Crippen molar-refractivity contribution in [2.75, 3.05) is 17.7 Å². The number of amides is 1. The Labute approximate surface area is 251 Å². The Morgan fingerprint density at radius 1 is 1.12 bits per heavy atom. The monoisotopic (exact) mass is 626 g/mol. The predicted octanol–water partition coefficient (Wildman–Crippen LogP) is 5.36. The summed E-state index contributed by atoms with van der Waals surface area (Å²) in [6, 6.07) is 11.1. The zero-order valence-corrected chi connectivity index (χ0v) is 26.3. The van der Waals surface area contributed by atoms with Gasteiger partial charge in [-0.3, -0.25) is 9.78 Å². The average molecular weight is 627 g/mol. The molecule has 228 valence electrons. The molecule has 2 aromatic carbocycles.